The average Bonchev–Trinajstić information content (AvgIpc) is 2.48. The number of benzene rings is 1. The molecule has 1 aromatic rings. The summed E-state index contributed by atoms with van der Waals surface area (Å²) in [6.45, 7) is 7.72. The standard InChI is InChI=1S/C16H24N2O2/c1-13(2)17-8-10-18(11-9-17)16(20)12-15(19)14-6-4-3-5-7-14/h3-7,13,15,19H,8-12H2,1-2H3. The van der Waals surface area contributed by atoms with Gasteiger partial charge in [-0.2, -0.15) is 0 Å². The van der Waals surface area contributed by atoms with Crippen molar-refractivity contribution < 1.29 is 9.90 Å². The van der Waals surface area contributed by atoms with Gasteiger partial charge in [0.1, 0.15) is 0 Å². The Kier molecular flexibility index (Phi) is 5.15. The van der Waals surface area contributed by atoms with Gasteiger partial charge in [-0.3, -0.25) is 9.69 Å². The van der Waals surface area contributed by atoms with Crippen molar-refractivity contribution in [3.05, 3.63) is 35.9 Å². The second-order valence-corrected chi connectivity index (χ2v) is 5.64. The van der Waals surface area contributed by atoms with Gasteiger partial charge in [0.05, 0.1) is 12.5 Å². The largest absolute Gasteiger partial charge is 0.388 e. The molecule has 1 aliphatic rings. The summed E-state index contributed by atoms with van der Waals surface area (Å²) in [4.78, 5) is 16.4. The van der Waals surface area contributed by atoms with Crippen LogP contribution in [0.25, 0.3) is 0 Å². The molecule has 0 saturated carbocycles. The molecular formula is C16H24N2O2. The minimum absolute atomic E-state index is 0.0461. The van der Waals surface area contributed by atoms with Gasteiger partial charge in [-0.15, -0.1) is 0 Å². The maximum atomic E-state index is 12.2. The van der Waals surface area contributed by atoms with Crippen LogP contribution in [0.15, 0.2) is 30.3 Å². The second kappa shape index (κ2) is 6.86. The summed E-state index contributed by atoms with van der Waals surface area (Å²) in [5.74, 6) is 0.0461. The maximum absolute atomic E-state index is 12.2. The summed E-state index contributed by atoms with van der Waals surface area (Å²) in [5, 5.41) is 10.1. The molecule has 1 N–H and O–H groups in total. The molecule has 1 aliphatic heterocycles. The number of hydrogen-bond donors (Lipinski definition) is 1. The fraction of sp³-hybridized carbons (Fsp3) is 0.562. The van der Waals surface area contributed by atoms with Crippen molar-refractivity contribution in [2.75, 3.05) is 26.2 Å². The molecule has 0 radical (unpaired) electrons. The Morgan fingerprint density at radius 3 is 2.30 bits per heavy atom. The van der Waals surface area contributed by atoms with Crippen molar-refractivity contribution in [2.24, 2.45) is 0 Å². The van der Waals surface area contributed by atoms with Gasteiger partial charge in [-0.1, -0.05) is 30.3 Å². The molecule has 1 saturated heterocycles. The molecule has 0 aliphatic carbocycles. The Hall–Kier alpha value is -1.39. The molecule has 1 unspecified atom stereocenters. The minimum atomic E-state index is -0.702. The van der Waals surface area contributed by atoms with E-state index < -0.39 is 6.10 Å². The first kappa shape index (κ1) is 15.0. The molecule has 1 fully saturated rings. The highest BCUT2D eigenvalue weighted by atomic mass is 16.3. The van der Waals surface area contributed by atoms with E-state index in [1.54, 1.807) is 0 Å². The number of hydrogen-bond acceptors (Lipinski definition) is 3. The number of aliphatic hydroxyl groups excluding tert-OH is 1. The lowest BCUT2D eigenvalue weighted by Gasteiger charge is -2.37. The van der Waals surface area contributed by atoms with Crippen LogP contribution >= 0.6 is 0 Å². The fourth-order valence-electron chi connectivity index (χ4n) is 2.58. The Morgan fingerprint density at radius 1 is 1.15 bits per heavy atom. The summed E-state index contributed by atoms with van der Waals surface area (Å²) in [6, 6.07) is 9.91. The molecular weight excluding hydrogens is 252 g/mol. The van der Waals surface area contributed by atoms with Crippen molar-refractivity contribution in [3.63, 3.8) is 0 Å². The second-order valence-electron chi connectivity index (χ2n) is 5.64. The highest BCUT2D eigenvalue weighted by Crippen LogP contribution is 2.18. The van der Waals surface area contributed by atoms with E-state index in [2.05, 4.69) is 18.7 Å². The lowest BCUT2D eigenvalue weighted by molar-refractivity contribution is -0.135. The van der Waals surface area contributed by atoms with E-state index in [0.29, 0.717) is 6.04 Å². The quantitative estimate of drug-likeness (QED) is 0.909. The van der Waals surface area contributed by atoms with Crippen LogP contribution < -0.4 is 0 Å². The minimum Gasteiger partial charge on any atom is -0.388 e. The van der Waals surface area contributed by atoms with E-state index in [0.717, 1.165) is 31.7 Å². The van der Waals surface area contributed by atoms with Crippen LogP contribution in [0.4, 0.5) is 0 Å². The van der Waals surface area contributed by atoms with Gasteiger partial charge in [0, 0.05) is 32.2 Å². The third-order valence-electron chi connectivity index (χ3n) is 3.95. The number of nitrogens with zero attached hydrogens (tertiary/aromatic N) is 2. The van der Waals surface area contributed by atoms with Crippen LogP contribution in [-0.2, 0) is 4.79 Å². The zero-order valence-electron chi connectivity index (χ0n) is 12.3. The number of amides is 1. The van der Waals surface area contributed by atoms with Gasteiger partial charge in [0.15, 0.2) is 0 Å². The van der Waals surface area contributed by atoms with Crippen molar-refractivity contribution in [1.82, 2.24) is 9.80 Å². The summed E-state index contributed by atoms with van der Waals surface area (Å²) in [5.41, 5.74) is 0.807. The van der Waals surface area contributed by atoms with Crippen LogP contribution in [-0.4, -0.2) is 53.0 Å². The number of carbonyl (C=O) groups excluding carboxylic acids is 1. The fourth-order valence-corrected chi connectivity index (χ4v) is 2.58. The molecule has 2 rings (SSSR count). The smallest absolute Gasteiger partial charge is 0.225 e. The normalized spacial score (nSPS) is 18.3. The highest BCUT2D eigenvalue weighted by molar-refractivity contribution is 5.77. The summed E-state index contributed by atoms with van der Waals surface area (Å²) in [6.07, 6.45) is -0.530. The zero-order chi connectivity index (χ0) is 14.5. The Balaban J connectivity index is 1.84. The van der Waals surface area contributed by atoms with Crippen molar-refractivity contribution >= 4 is 5.91 Å². The summed E-state index contributed by atoms with van der Waals surface area (Å²) in [7, 11) is 0. The average molecular weight is 276 g/mol. The first-order valence-corrected chi connectivity index (χ1v) is 7.32. The number of carbonyl (C=O) groups is 1. The molecule has 0 bridgehead atoms. The summed E-state index contributed by atoms with van der Waals surface area (Å²) >= 11 is 0. The van der Waals surface area contributed by atoms with Gasteiger partial charge < -0.3 is 10.0 Å². The van der Waals surface area contributed by atoms with Gasteiger partial charge in [0.25, 0.3) is 0 Å². The molecule has 0 spiro atoms. The molecule has 4 heteroatoms. The van der Waals surface area contributed by atoms with Crippen molar-refractivity contribution in [3.8, 4) is 0 Å². The predicted molar refractivity (Wildman–Crippen MR) is 79.3 cm³/mol. The van der Waals surface area contributed by atoms with E-state index in [4.69, 9.17) is 0 Å². The van der Waals surface area contributed by atoms with Crippen LogP contribution in [0.3, 0.4) is 0 Å². The van der Waals surface area contributed by atoms with Crippen LogP contribution in [0, 0.1) is 0 Å². The number of rotatable bonds is 4. The third-order valence-corrected chi connectivity index (χ3v) is 3.95. The van der Waals surface area contributed by atoms with Crippen LogP contribution in [0.2, 0.25) is 0 Å². The first-order chi connectivity index (χ1) is 9.58. The number of aliphatic hydroxyl groups is 1. The van der Waals surface area contributed by atoms with Gasteiger partial charge in [-0.25, -0.2) is 0 Å². The van der Waals surface area contributed by atoms with E-state index in [1.807, 2.05) is 35.2 Å². The van der Waals surface area contributed by atoms with E-state index in [1.165, 1.54) is 0 Å². The SMILES string of the molecule is CC(C)N1CCN(C(=O)CC(O)c2ccccc2)CC1. The Labute approximate surface area is 121 Å². The molecule has 20 heavy (non-hydrogen) atoms. The van der Waals surface area contributed by atoms with E-state index in [9.17, 15) is 9.90 Å². The van der Waals surface area contributed by atoms with Crippen LogP contribution in [0.5, 0.6) is 0 Å². The van der Waals surface area contributed by atoms with Crippen molar-refractivity contribution in [2.45, 2.75) is 32.4 Å². The lowest BCUT2D eigenvalue weighted by atomic mass is 10.1. The van der Waals surface area contributed by atoms with Gasteiger partial charge in [0.2, 0.25) is 5.91 Å². The molecule has 1 atom stereocenters. The first-order valence-electron chi connectivity index (χ1n) is 7.32. The molecule has 1 aromatic carbocycles. The molecule has 1 amide bonds. The van der Waals surface area contributed by atoms with Gasteiger partial charge in [-0.05, 0) is 19.4 Å². The summed E-state index contributed by atoms with van der Waals surface area (Å²) < 4.78 is 0. The zero-order valence-corrected chi connectivity index (χ0v) is 12.3. The maximum Gasteiger partial charge on any atom is 0.225 e. The third kappa shape index (κ3) is 3.81. The van der Waals surface area contributed by atoms with E-state index in [-0.39, 0.29) is 12.3 Å². The lowest BCUT2D eigenvalue weighted by Crippen LogP contribution is -2.50. The van der Waals surface area contributed by atoms with Crippen molar-refractivity contribution in [1.29, 1.82) is 0 Å². The molecule has 110 valence electrons. The molecule has 0 aromatic heterocycles. The van der Waals surface area contributed by atoms with E-state index >= 15 is 0 Å². The number of piperazine rings is 1. The monoisotopic (exact) mass is 276 g/mol. The predicted octanol–water partition coefficient (Wildman–Crippen LogP) is 1.66. The Morgan fingerprint density at radius 2 is 1.75 bits per heavy atom. The van der Waals surface area contributed by atoms with Crippen LogP contribution in [0.1, 0.15) is 31.9 Å². The topological polar surface area (TPSA) is 43.8 Å². The molecule has 4 nitrogen and oxygen atoms in total. The molecule has 1 heterocycles. The Bertz CT molecular complexity index is 425. The highest BCUT2D eigenvalue weighted by Gasteiger charge is 2.24. The van der Waals surface area contributed by atoms with Gasteiger partial charge >= 0.3 is 0 Å².